The molecule has 0 spiro atoms. The lowest BCUT2D eigenvalue weighted by Gasteiger charge is -2.22. The van der Waals surface area contributed by atoms with Crippen molar-refractivity contribution >= 4 is 28.7 Å². The van der Waals surface area contributed by atoms with Crippen LogP contribution in [0, 0.1) is 5.41 Å². The summed E-state index contributed by atoms with van der Waals surface area (Å²) in [5.41, 5.74) is 2.24. The van der Waals surface area contributed by atoms with Gasteiger partial charge in [0.1, 0.15) is 0 Å². The first-order chi connectivity index (χ1) is 8.25. The van der Waals surface area contributed by atoms with Crippen LogP contribution in [-0.4, -0.2) is 28.2 Å². The summed E-state index contributed by atoms with van der Waals surface area (Å²) in [6.07, 6.45) is 4.09. The summed E-state index contributed by atoms with van der Waals surface area (Å²) in [5.74, 6) is 0.831. The summed E-state index contributed by atoms with van der Waals surface area (Å²) in [4.78, 5) is 0. The molecule has 1 aromatic carbocycles. The molecule has 0 saturated carbocycles. The van der Waals surface area contributed by atoms with Crippen molar-refractivity contribution in [2.24, 2.45) is 5.10 Å². The van der Waals surface area contributed by atoms with Gasteiger partial charge in [-0.1, -0.05) is 54.2 Å². The van der Waals surface area contributed by atoms with Gasteiger partial charge in [-0.3, -0.25) is 5.41 Å². The number of hydrogen-bond acceptors (Lipinski definition) is 3. The number of benzene rings is 1. The van der Waals surface area contributed by atoms with Crippen molar-refractivity contribution in [3.63, 3.8) is 0 Å². The Bertz CT molecular complexity index is 451. The average Bonchev–Trinajstić information content (AvgIpc) is 2.35. The van der Waals surface area contributed by atoms with Crippen LogP contribution in [0.3, 0.4) is 0 Å². The molecule has 88 valence electrons. The zero-order chi connectivity index (χ0) is 12.1. The highest BCUT2D eigenvalue weighted by atomic mass is 32.2. The summed E-state index contributed by atoms with van der Waals surface area (Å²) in [6.45, 7) is 2.64. The maximum absolute atomic E-state index is 7.77. The molecular formula is C13H15N3S. The van der Waals surface area contributed by atoms with Crippen LogP contribution in [0.15, 0.2) is 41.5 Å². The van der Waals surface area contributed by atoms with Gasteiger partial charge in [0.05, 0.1) is 6.54 Å². The molecule has 0 amide bonds. The summed E-state index contributed by atoms with van der Waals surface area (Å²) >= 11 is 1.53. The lowest BCUT2D eigenvalue weighted by atomic mass is 10.2. The van der Waals surface area contributed by atoms with E-state index in [2.05, 4.69) is 23.3 Å². The number of hydrazone groups is 1. The van der Waals surface area contributed by atoms with E-state index in [1.165, 1.54) is 17.3 Å². The fraction of sp³-hybridized carbons (Fsp3) is 0.231. The van der Waals surface area contributed by atoms with E-state index in [1.807, 2.05) is 31.2 Å². The van der Waals surface area contributed by atoms with E-state index >= 15 is 0 Å². The summed E-state index contributed by atoms with van der Waals surface area (Å²) in [6, 6.07) is 10.1. The predicted molar refractivity (Wildman–Crippen MR) is 75.5 cm³/mol. The zero-order valence-corrected chi connectivity index (χ0v) is 10.6. The van der Waals surface area contributed by atoms with Gasteiger partial charge in [0.25, 0.3) is 0 Å². The van der Waals surface area contributed by atoms with E-state index < -0.39 is 0 Å². The molecule has 0 unspecified atom stereocenters. The van der Waals surface area contributed by atoms with E-state index in [1.54, 1.807) is 5.01 Å². The maximum Gasteiger partial charge on any atom is 0.177 e. The molecule has 1 heterocycles. The first-order valence-corrected chi connectivity index (χ1v) is 6.49. The molecule has 4 heteroatoms. The van der Waals surface area contributed by atoms with Crippen LogP contribution in [-0.2, 0) is 0 Å². The van der Waals surface area contributed by atoms with Crippen molar-refractivity contribution in [1.82, 2.24) is 5.01 Å². The molecule has 0 saturated heterocycles. The number of nitrogens with zero attached hydrogens (tertiary/aromatic N) is 2. The van der Waals surface area contributed by atoms with Crippen molar-refractivity contribution < 1.29 is 0 Å². The Morgan fingerprint density at radius 3 is 2.94 bits per heavy atom. The molecule has 0 aliphatic carbocycles. The first-order valence-electron chi connectivity index (χ1n) is 5.50. The van der Waals surface area contributed by atoms with Crippen LogP contribution >= 0.6 is 11.8 Å². The van der Waals surface area contributed by atoms with E-state index in [9.17, 15) is 0 Å². The van der Waals surface area contributed by atoms with Gasteiger partial charge in [0.15, 0.2) is 5.17 Å². The van der Waals surface area contributed by atoms with Gasteiger partial charge in [-0.2, -0.15) is 5.10 Å². The molecule has 1 aliphatic rings. The number of amidine groups is 1. The molecule has 0 aromatic heterocycles. The molecule has 2 rings (SSSR count). The highest BCUT2D eigenvalue weighted by Gasteiger charge is 2.13. The molecule has 1 aromatic rings. The molecule has 0 bridgehead atoms. The van der Waals surface area contributed by atoms with Crippen molar-refractivity contribution in [2.45, 2.75) is 6.92 Å². The molecule has 1 N–H and O–H groups in total. The predicted octanol–water partition coefficient (Wildman–Crippen LogP) is 3.06. The van der Waals surface area contributed by atoms with Crippen molar-refractivity contribution in [3.8, 4) is 0 Å². The Kier molecular flexibility index (Phi) is 3.98. The van der Waals surface area contributed by atoms with Gasteiger partial charge in [0.2, 0.25) is 0 Å². The summed E-state index contributed by atoms with van der Waals surface area (Å²) in [5, 5.41) is 14.4. The zero-order valence-electron chi connectivity index (χ0n) is 9.76. The smallest absolute Gasteiger partial charge is 0.177 e. The Morgan fingerprint density at radius 2 is 2.18 bits per heavy atom. The normalized spacial score (nSPS) is 16.4. The van der Waals surface area contributed by atoms with Crippen LogP contribution in [0.4, 0.5) is 0 Å². The van der Waals surface area contributed by atoms with Gasteiger partial charge >= 0.3 is 0 Å². The van der Waals surface area contributed by atoms with Crippen LogP contribution in [0.1, 0.15) is 12.5 Å². The fourth-order valence-electron chi connectivity index (χ4n) is 1.50. The van der Waals surface area contributed by atoms with Gasteiger partial charge in [0, 0.05) is 11.5 Å². The highest BCUT2D eigenvalue weighted by molar-refractivity contribution is 8.14. The fourth-order valence-corrected chi connectivity index (χ4v) is 2.17. The Balaban J connectivity index is 1.96. The largest absolute Gasteiger partial charge is 0.277 e. The Labute approximate surface area is 106 Å². The monoisotopic (exact) mass is 245 g/mol. The quantitative estimate of drug-likeness (QED) is 0.889. The van der Waals surface area contributed by atoms with Crippen LogP contribution < -0.4 is 0 Å². The Hall–Kier alpha value is -1.55. The van der Waals surface area contributed by atoms with E-state index in [-0.39, 0.29) is 0 Å². The minimum Gasteiger partial charge on any atom is -0.277 e. The number of hydrogen-bond donors (Lipinski definition) is 1. The molecule has 17 heavy (non-hydrogen) atoms. The number of rotatable bonds is 3. The molecule has 0 radical (unpaired) electrons. The van der Waals surface area contributed by atoms with E-state index in [4.69, 9.17) is 5.41 Å². The van der Waals surface area contributed by atoms with Gasteiger partial charge in [-0.15, -0.1) is 0 Å². The van der Waals surface area contributed by atoms with Gasteiger partial charge in [-0.05, 0) is 12.5 Å². The van der Waals surface area contributed by atoms with Crippen LogP contribution in [0.25, 0.3) is 6.08 Å². The standard InChI is InChI=1S/C13H15N3S/c1-11-10-17-13(14)16(15-11)9-5-8-12-6-3-2-4-7-12/h2-8,14H,9-10H2,1H3/b8-5+,14-13?. The van der Waals surface area contributed by atoms with Gasteiger partial charge in [-0.25, -0.2) is 5.01 Å². The second-order valence-electron chi connectivity index (χ2n) is 3.82. The second-order valence-corrected chi connectivity index (χ2v) is 4.79. The lowest BCUT2D eigenvalue weighted by Crippen LogP contribution is -2.29. The van der Waals surface area contributed by atoms with E-state index in [0.29, 0.717) is 11.7 Å². The molecule has 0 fully saturated rings. The van der Waals surface area contributed by atoms with E-state index in [0.717, 1.165) is 11.5 Å². The molecular weight excluding hydrogens is 230 g/mol. The molecule has 0 atom stereocenters. The minimum absolute atomic E-state index is 0.522. The van der Waals surface area contributed by atoms with Crippen molar-refractivity contribution in [3.05, 3.63) is 42.0 Å². The topological polar surface area (TPSA) is 39.5 Å². The number of nitrogens with one attached hydrogen (secondary N) is 1. The van der Waals surface area contributed by atoms with Crippen LogP contribution in [0.2, 0.25) is 0 Å². The van der Waals surface area contributed by atoms with Crippen molar-refractivity contribution in [1.29, 1.82) is 5.41 Å². The average molecular weight is 245 g/mol. The van der Waals surface area contributed by atoms with Crippen LogP contribution in [0.5, 0.6) is 0 Å². The highest BCUT2D eigenvalue weighted by Crippen LogP contribution is 2.14. The molecule has 1 aliphatic heterocycles. The third-order valence-electron chi connectivity index (χ3n) is 2.33. The molecule has 3 nitrogen and oxygen atoms in total. The Morgan fingerprint density at radius 1 is 1.41 bits per heavy atom. The van der Waals surface area contributed by atoms with Gasteiger partial charge < -0.3 is 0 Å². The lowest BCUT2D eigenvalue weighted by molar-refractivity contribution is 0.499. The summed E-state index contributed by atoms with van der Waals surface area (Å²) < 4.78 is 0. The van der Waals surface area contributed by atoms with Crippen molar-refractivity contribution in [2.75, 3.05) is 12.3 Å². The summed E-state index contributed by atoms with van der Waals surface area (Å²) in [7, 11) is 0. The minimum atomic E-state index is 0.522. The maximum atomic E-state index is 7.77. The third kappa shape index (κ3) is 3.46. The third-order valence-corrected chi connectivity index (χ3v) is 3.38. The first kappa shape index (κ1) is 11.9. The SMILES string of the molecule is CC1=NN(C/C=C/c2ccccc2)C(=N)SC1. The number of thioether (sulfide) groups is 1. The second kappa shape index (κ2) is 5.68.